The number of benzene rings is 2. The summed E-state index contributed by atoms with van der Waals surface area (Å²) in [7, 11) is 1.87. The summed E-state index contributed by atoms with van der Waals surface area (Å²) in [5.41, 5.74) is -4.70. The van der Waals surface area contributed by atoms with Gasteiger partial charge in [0.25, 0.3) is 5.95 Å². The molecule has 3 aromatic rings. The Morgan fingerprint density at radius 3 is 2.12 bits per heavy atom. The van der Waals surface area contributed by atoms with Gasteiger partial charge in [-0.15, -0.1) is 5.10 Å². The lowest BCUT2D eigenvalue weighted by Gasteiger charge is -2.43. The Morgan fingerprint density at radius 2 is 1.58 bits per heavy atom. The van der Waals surface area contributed by atoms with Gasteiger partial charge < -0.3 is 14.5 Å². The van der Waals surface area contributed by atoms with Crippen molar-refractivity contribution in [2.75, 3.05) is 29.9 Å². The number of likely N-dealkylation sites (tertiary alicyclic amines) is 1. The highest BCUT2D eigenvalue weighted by Crippen LogP contribution is 2.45. The van der Waals surface area contributed by atoms with Crippen LogP contribution in [-0.2, 0) is 29.8 Å². The zero-order valence-corrected chi connectivity index (χ0v) is 26.2. The maximum Gasteiger partial charge on any atom is 0.416 e. The number of rotatable bonds is 6. The summed E-state index contributed by atoms with van der Waals surface area (Å²) in [4.78, 5) is 18.8. The molecule has 1 amide bonds. The molecular weight excluding hydrogens is 661 g/mol. The number of halogens is 9. The molecule has 0 saturated carbocycles. The second kappa shape index (κ2) is 12.7. The van der Waals surface area contributed by atoms with E-state index < -0.39 is 71.6 Å². The zero-order valence-electron chi connectivity index (χ0n) is 26.2. The standard InChI is InChI=1S/C30H32F9N7O2/c1-16(2)48-27(47)45-17(3)9-25(23-13-19(28(31,32)33)5-6-24(23)45)44(26-40-42-46(41-26)22-7-8-43(4)15-22)14-18-10-20(29(34,35)36)12-21(11-18)30(37,38)39/h5-6,10-13,16-17,22,25H,7-9,14-15H2,1-4H3/t17-,22+,25+/m1/s1. The van der Waals surface area contributed by atoms with Gasteiger partial charge in [-0.1, -0.05) is 5.10 Å². The fraction of sp³-hybridized carbons (Fsp3) is 0.533. The first-order valence-corrected chi connectivity index (χ1v) is 15.0. The Bertz CT molecular complexity index is 1610. The molecule has 2 aliphatic heterocycles. The Balaban J connectivity index is 1.68. The number of fused-ring (bicyclic) bond motifs is 1. The van der Waals surface area contributed by atoms with Crippen LogP contribution in [0.15, 0.2) is 36.4 Å². The van der Waals surface area contributed by atoms with E-state index >= 15 is 0 Å². The van der Waals surface area contributed by atoms with Crippen LogP contribution in [0.3, 0.4) is 0 Å². The van der Waals surface area contributed by atoms with Crippen LogP contribution in [0.25, 0.3) is 0 Å². The van der Waals surface area contributed by atoms with Crippen LogP contribution in [0.5, 0.6) is 0 Å². The average molecular weight is 694 g/mol. The van der Waals surface area contributed by atoms with E-state index in [0.29, 0.717) is 31.6 Å². The normalized spacial score (nSPS) is 20.7. The number of ether oxygens (including phenoxy) is 1. The number of amides is 1. The van der Waals surface area contributed by atoms with Gasteiger partial charge in [-0.25, -0.2) is 4.79 Å². The molecule has 0 spiro atoms. The van der Waals surface area contributed by atoms with E-state index in [1.165, 1.54) is 14.6 Å². The van der Waals surface area contributed by atoms with Crippen molar-refractivity contribution in [1.82, 2.24) is 25.1 Å². The third-order valence-corrected chi connectivity index (χ3v) is 8.26. The van der Waals surface area contributed by atoms with E-state index in [9.17, 15) is 44.3 Å². The first-order valence-electron chi connectivity index (χ1n) is 15.0. The number of likely N-dealkylation sites (N-methyl/N-ethyl adjacent to an activating group) is 1. The molecular formula is C30H32F9N7O2. The number of hydrogen-bond donors (Lipinski definition) is 0. The van der Waals surface area contributed by atoms with E-state index in [4.69, 9.17) is 4.74 Å². The lowest BCUT2D eigenvalue weighted by atomic mass is 9.89. The van der Waals surface area contributed by atoms with Gasteiger partial charge in [-0.3, -0.25) is 4.90 Å². The third-order valence-electron chi connectivity index (χ3n) is 8.26. The van der Waals surface area contributed by atoms with Crippen molar-refractivity contribution in [2.24, 2.45) is 0 Å². The Morgan fingerprint density at radius 1 is 0.958 bits per heavy atom. The topological polar surface area (TPSA) is 79.6 Å². The first kappa shape index (κ1) is 35.2. The van der Waals surface area contributed by atoms with Crippen molar-refractivity contribution in [2.45, 2.75) is 82.9 Å². The van der Waals surface area contributed by atoms with Gasteiger partial charge in [-0.05, 0) is 93.4 Å². The number of tetrazole rings is 1. The van der Waals surface area contributed by atoms with E-state index in [1.54, 1.807) is 20.8 Å². The summed E-state index contributed by atoms with van der Waals surface area (Å²) >= 11 is 0. The van der Waals surface area contributed by atoms with Gasteiger partial charge in [0.1, 0.15) is 0 Å². The van der Waals surface area contributed by atoms with Gasteiger partial charge in [-0.2, -0.15) is 44.3 Å². The van der Waals surface area contributed by atoms with Gasteiger partial charge in [0, 0.05) is 25.7 Å². The molecule has 262 valence electrons. The molecule has 0 radical (unpaired) electrons. The fourth-order valence-corrected chi connectivity index (χ4v) is 6.06. The number of aromatic nitrogens is 4. The Hall–Kier alpha value is -4.09. The van der Waals surface area contributed by atoms with Gasteiger partial charge >= 0.3 is 24.6 Å². The lowest BCUT2D eigenvalue weighted by molar-refractivity contribution is -0.143. The molecule has 2 aliphatic rings. The van der Waals surface area contributed by atoms with E-state index in [0.717, 1.165) is 18.2 Å². The average Bonchev–Trinajstić information content (AvgIpc) is 3.62. The molecule has 5 rings (SSSR count). The second-order valence-corrected chi connectivity index (χ2v) is 12.3. The molecule has 2 aromatic carbocycles. The maximum atomic E-state index is 14.0. The molecule has 9 nitrogen and oxygen atoms in total. The molecule has 48 heavy (non-hydrogen) atoms. The minimum absolute atomic E-state index is 0.00916. The van der Waals surface area contributed by atoms with Crippen LogP contribution in [0.2, 0.25) is 0 Å². The summed E-state index contributed by atoms with van der Waals surface area (Å²) in [6.07, 6.45) is -16.0. The van der Waals surface area contributed by atoms with E-state index in [-0.39, 0.29) is 35.7 Å². The molecule has 3 heterocycles. The molecule has 1 fully saturated rings. The quantitative estimate of drug-likeness (QED) is 0.248. The van der Waals surface area contributed by atoms with Crippen molar-refractivity contribution < 1.29 is 49.0 Å². The molecule has 1 saturated heterocycles. The minimum atomic E-state index is -5.14. The predicted molar refractivity (Wildman–Crippen MR) is 154 cm³/mol. The van der Waals surface area contributed by atoms with E-state index in [1.807, 2.05) is 11.9 Å². The van der Waals surface area contributed by atoms with Crippen LogP contribution in [0, 0.1) is 0 Å². The number of anilines is 2. The van der Waals surface area contributed by atoms with Crippen molar-refractivity contribution in [3.8, 4) is 0 Å². The largest absolute Gasteiger partial charge is 0.446 e. The number of carbonyl (C=O) groups is 1. The Kier molecular flexibility index (Phi) is 9.35. The van der Waals surface area contributed by atoms with Crippen molar-refractivity contribution in [1.29, 1.82) is 0 Å². The molecule has 0 unspecified atom stereocenters. The predicted octanol–water partition coefficient (Wildman–Crippen LogP) is 7.50. The summed E-state index contributed by atoms with van der Waals surface area (Å²) in [5.74, 6) is -0.228. The monoisotopic (exact) mass is 693 g/mol. The number of nitrogens with zero attached hydrogens (tertiary/aromatic N) is 7. The Labute approximate surface area is 269 Å². The second-order valence-electron chi connectivity index (χ2n) is 12.3. The summed E-state index contributed by atoms with van der Waals surface area (Å²) in [6, 6.07) is 1.59. The van der Waals surface area contributed by atoms with Gasteiger partial charge in [0.15, 0.2) is 0 Å². The first-order chi connectivity index (χ1) is 22.2. The number of hydrogen-bond acceptors (Lipinski definition) is 7. The van der Waals surface area contributed by atoms with Crippen LogP contribution in [0.1, 0.15) is 73.5 Å². The third kappa shape index (κ3) is 7.47. The van der Waals surface area contributed by atoms with Crippen LogP contribution in [0.4, 0.5) is 55.9 Å². The smallest absolute Gasteiger partial charge is 0.416 e. The molecule has 18 heteroatoms. The molecule has 0 N–H and O–H groups in total. The molecule has 3 atom stereocenters. The van der Waals surface area contributed by atoms with Crippen LogP contribution in [-0.4, -0.2) is 63.5 Å². The maximum absolute atomic E-state index is 14.0. The molecule has 0 bridgehead atoms. The molecule has 0 aliphatic carbocycles. The highest BCUT2D eigenvalue weighted by atomic mass is 19.4. The number of carbonyl (C=O) groups excluding carboxylic acids is 1. The molecule has 1 aromatic heterocycles. The summed E-state index contributed by atoms with van der Waals surface area (Å²) < 4.78 is 130. The van der Waals surface area contributed by atoms with E-state index in [2.05, 4.69) is 15.4 Å². The van der Waals surface area contributed by atoms with Crippen LogP contribution < -0.4 is 9.80 Å². The van der Waals surface area contributed by atoms with Crippen molar-refractivity contribution >= 4 is 17.7 Å². The SMILES string of the molecule is CC(C)OC(=O)N1c2ccc(C(F)(F)F)cc2[C@@H](N(Cc2cc(C(F)(F)F)cc(C(F)(F)F)c2)c2nnn([C@H]3CCN(C)C3)n2)C[C@H]1C. The minimum Gasteiger partial charge on any atom is -0.446 e. The van der Waals surface area contributed by atoms with Crippen LogP contribution >= 0.6 is 0 Å². The van der Waals surface area contributed by atoms with Gasteiger partial charge in [0.2, 0.25) is 0 Å². The fourth-order valence-electron chi connectivity index (χ4n) is 6.06. The summed E-state index contributed by atoms with van der Waals surface area (Å²) in [5, 5.41) is 12.6. The van der Waals surface area contributed by atoms with Gasteiger partial charge in [0.05, 0.1) is 40.6 Å². The zero-order chi connectivity index (χ0) is 35.3. The number of alkyl halides is 9. The highest BCUT2D eigenvalue weighted by molar-refractivity contribution is 5.90. The highest BCUT2D eigenvalue weighted by Gasteiger charge is 2.42. The van der Waals surface area contributed by atoms with Crippen molar-refractivity contribution in [3.63, 3.8) is 0 Å². The van der Waals surface area contributed by atoms with Crippen molar-refractivity contribution in [3.05, 3.63) is 64.2 Å². The summed E-state index contributed by atoms with van der Waals surface area (Å²) in [6.45, 7) is 5.33. The lowest BCUT2D eigenvalue weighted by Crippen LogP contribution is -2.47.